The fourth-order valence-corrected chi connectivity index (χ4v) is 1.53. The molecule has 0 aliphatic heterocycles. The molecule has 0 aliphatic carbocycles. The number of rotatable bonds is 0. The number of hydrogen-bond acceptors (Lipinski definition) is 2. The SMILES string of the molecule is NCC#Cc1c(O)ccc2ccccc12. The van der Waals surface area contributed by atoms with Gasteiger partial charge in [0.15, 0.2) is 0 Å². The Kier molecular flexibility index (Phi) is 2.57. The highest BCUT2D eigenvalue weighted by molar-refractivity contribution is 5.90. The molecule has 0 bridgehead atoms. The molecule has 3 N–H and O–H groups in total. The predicted octanol–water partition coefficient (Wildman–Crippen LogP) is 1.86. The molecule has 0 aromatic heterocycles. The monoisotopic (exact) mass is 197 g/mol. The lowest BCUT2D eigenvalue weighted by atomic mass is 10.0. The van der Waals surface area contributed by atoms with E-state index in [2.05, 4.69) is 11.8 Å². The number of nitrogens with two attached hydrogens (primary N) is 1. The maximum atomic E-state index is 9.69. The van der Waals surface area contributed by atoms with Gasteiger partial charge >= 0.3 is 0 Å². The minimum absolute atomic E-state index is 0.203. The Balaban J connectivity index is 2.74. The molecule has 0 radical (unpaired) electrons. The minimum atomic E-state index is 0.203. The van der Waals surface area contributed by atoms with Gasteiger partial charge in [-0.1, -0.05) is 42.2 Å². The minimum Gasteiger partial charge on any atom is -0.507 e. The number of fused-ring (bicyclic) bond motifs is 1. The fourth-order valence-electron chi connectivity index (χ4n) is 1.53. The molecule has 0 saturated heterocycles. The van der Waals surface area contributed by atoms with Gasteiger partial charge in [0.1, 0.15) is 5.75 Å². The van der Waals surface area contributed by atoms with E-state index < -0.39 is 0 Å². The van der Waals surface area contributed by atoms with Gasteiger partial charge in [-0.25, -0.2) is 0 Å². The van der Waals surface area contributed by atoms with Crippen molar-refractivity contribution in [1.82, 2.24) is 0 Å². The van der Waals surface area contributed by atoms with Crippen LogP contribution in [0.4, 0.5) is 0 Å². The zero-order valence-electron chi connectivity index (χ0n) is 8.20. The smallest absolute Gasteiger partial charge is 0.131 e. The van der Waals surface area contributed by atoms with Crippen LogP contribution in [0.25, 0.3) is 10.8 Å². The van der Waals surface area contributed by atoms with Crippen molar-refractivity contribution in [2.24, 2.45) is 5.73 Å². The molecule has 2 aromatic carbocycles. The summed E-state index contributed by atoms with van der Waals surface area (Å²) in [5.41, 5.74) is 5.97. The molecule has 2 aromatic rings. The third kappa shape index (κ3) is 1.78. The Morgan fingerprint density at radius 1 is 1.13 bits per heavy atom. The summed E-state index contributed by atoms with van der Waals surface area (Å²) in [7, 11) is 0. The van der Waals surface area contributed by atoms with Gasteiger partial charge in [0, 0.05) is 5.39 Å². The topological polar surface area (TPSA) is 46.2 Å². The number of hydrogen-bond donors (Lipinski definition) is 2. The second kappa shape index (κ2) is 4.04. The standard InChI is InChI=1S/C13H11NO/c14-9-3-6-12-11-5-2-1-4-10(11)7-8-13(12)15/h1-2,4-5,7-8,15H,9,14H2. The molecule has 2 nitrogen and oxygen atoms in total. The van der Waals surface area contributed by atoms with Crippen molar-refractivity contribution in [2.45, 2.75) is 0 Å². The summed E-state index contributed by atoms with van der Waals surface area (Å²) in [6, 6.07) is 11.3. The molecule has 0 amide bonds. The zero-order valence-corrected chi connectivity index (χ0v) is 8.20. The van der Waals surface area contributed by atoms with Gasteiger partial charge in [0.25, 0.3) is 0 Å². The lowest BCUT2D eigenvalue weighted by molar-refractivity contribution is 0.474. The van der Waals surface area contributed by atoms with Crippen molar-refractivity contribution in [3.63, 3.8) is 0 Å². The number of phenols is 1. The quantitative estimate of drug-likeness (QED) is 0.633. The molecule has 15 heavy (non-hydrogen) atoms. The third-order valence-corrected chi connectivity index (χ3v) is 2.22. The highest BCUT2D eigenvalue weighted by Crippen LogP contribution is 2.25. The molecule has 0 heterocycles. The first kappa shape index (κ1) is 9.57. The average Bonchev–Trinajstić information content (AvgIpc) is 2.28. The molecule has 2 rings (SSSR count). The van der Waals surface area contributed by atoms with Crippen LogP contribution < -0.4 is 5.73 Å². The normalized spacial score (nSPS) is 9.67. The van der Waals surface area contributed by atoms with Gasteiger partial charge in [0.05, 0.1) is 12.1 Å². The number of benzene rings is 2. The molecular weight excluding hydrogens is 186 g/mol. The highest BCUT2D eigenvalue weighted by atomic mass is 16.3. The van der Waals surface area contributed by atoms with E-state index in [1.165, 1.54) is 0 Å². The first-order chi connectivity index (χ1) is 7.33. The van der Waals surface area contributed by atoms with Crippen LogP contribution in [-0.2, 0) is 0 Å². The molecule has 0 saturated carbocycles. The summed E-state index contributed by atoms with van der Waals surface area (Å²) in [6.45, 7) is 0.294. The van der Waals surface area contributed by atoms with E-state index in [0.29, 0.717) is 12.1 Å². The van der Waals surface area contributed by atoms with E-state index in [1.807, 2.05) is 30.3 Å². The van der Waals surface area contributed by atoms with Crippen LogP contribution in [0.5, 0.6) is 5.75 Å². The number of aromatic hydroxyl groups is 1. The Hall–Kier alpha value is -1.98. The second-order valence-electron chi connectivity index (χ2n) is 3.19. The van der Waals surface area contributed by atoms with Crippen molar-refractivity contribution >= 4 is 10.8 Å². The summed E-state index contributed by atoms with van der Waals surface area (Å²) in [6.07, 6.45) is 0. The maximum Gasteiger partial charge on any atom is 0.131 e. The second-order valence-corrected chi connectivity index (χ2v) is 3.19. The van der Waals surface area contributed by atoms with Crippen LogP contribution in [0, 0.1) is 11.8 Å². The Morgan fingerprint density at radius 3 is 2.73 bits per heavy atom. The first-order valence-corrected chi connectivity index (χ1v) is 4.72. The van der Waals surface area contributed by atoms with Crippen molar-refractivity contribution in [1.29, 1.82) is 0 Å². The molecule has 0 unspecified atom stereocenters. The van der Waals surface area contributed by atoms with Gasteiger partial charge in [-0.2, -0.15) is 0 Å². The van der Waals surface area contributed by atoms with Crippen molar-refractivity contribution < 1.29 is 5.11 Å². The van der Waals surface area contributed by atoms with E-state index in [9.17, 15) is 5.11 Å². The van der Waals surface area contributed by atoms with Gasteiger partial charge in [0.2, 0.25) is 0 Å². The lowest BCUT2D eigenvalue weighted by Gasteiger charge is -2.02. The summed E-state index contributed by atoms with van der Waals surface area (Å²) >= 11 is 0. The van der Waals surface area contributed by atoms with Crippen molar-refractivity contribution in [3.05, 3.63) is 42.0 Å². The van der Waals surface area contributed by atoms with Gasteiger partial charge in [-0.15, -0.1) is 0 Å². The van der Waals surface area contributed by atoms with Crippen LogP contribution in [0.3, 0.4) is 0 Å². The molecule has 0 atom stereocenters. The summed E-state index contributed by atoms with van der Waals surface area (Å²) in [5, 5.41) is 11.7. The van der Waals surface area contributed by atoms with Crippen LogP contribution in [0.15, 0.2) is 36.4 Å². The predicted molar refractivity (Wildman–Crippen MR) is 61.5 cm³/mol. The Labute approximate surface area is 88.3 Å². The first-order valence-electron chi connectivity index (χ1n) is 4.72. The Morgan fingerprint density at radius 2 is 1.93 bits per heavy atom. The van der Waals surface area contributed by atoms with E-state index in [1.54, 1.807) is 6.07 Å². The molecule has 0 aliphatic rings. The fraction of sp³-hybridized carbons (Fsp3) is 0.0769. The van der Waals surface area contributed by atoms with Crippen LogP contribution >= 0.6 is 0 Å². The average molecular weight is 197 g/mol. The largest absolute Gasteiger partial charge is 0.507 e. The lowest BCUT2D eigenvalue weighted by Crippen LogP contribution is -1.93. The molecule has 0 spiro atoms. The number of phenolic OH excluding ortho intramolecular Hbond substituents is 1. The van der Waals surface area contributed by atoms with Crippen molar-refractivity contribution in [3.8, 4) is 17.6 Å². The van der Waals surface area contributed by atoms with Gasteiger partial charge < -0.3 is 10.8 Å². The molecule has 74 valence electrons. The summed E-state index contributed by atoms with van der Waals surface area (Å²) in [5.74, 6) is 5.85. The van der Waals surface area contributed by atoms with E-state index in [-0.39, 0.29) is 5.75 Å². The zero-order chi connectivity index (χ0) is 10.7. The summed E-state index contributed by atoms with van der Waals surface area (Å²) in [4.78, 5) is 0. The van der Waals surface area contributed by atoms with E-state index in [0.717, 1.165) is 10.8 Å². The molecule has 2 heteroatoms. The van der Waals surface area contributed by atoms with Crippen molar-refractivity contribution in [2.75, 3.05) is 6.54 Å². The van der Waals surface area contributed by atoms with Gasteiger partial charge in [-0.3, -0.25) is 0 Å². The third-order valence-electron chi connectivity index (χ3n) is 2.22. The van der Waals surface area contributed by atoms with E-state index in [4.69, 9.17) is 5.73 Å². The van der Waals surface area contributed by atoms with Crippen LogP contribution in [0.2, 0.25) is 0 Å². The van der Waals surface area contributed by atoms with Crippen LogP contribution in [0.1, 0.15) is 5.56 Å². The highest BCUT2D eigenvalue weighted by Gasteiger charge is 2.02. The van der Waals surface area contributed by atoms with Crippen LogP contribution in [-0.4, -0.2) is 11.7 Å². The maximum absolute atomic E-state index is 9.69. The molecule has 0 fully saturated rings. The summed E-state index contributed by atoms with van der Waals surface area (Å²) < 4.78 is 0. The van der Waals surface area contributed by atoms with E-state index >= 15 is 0 Å². The Bertz CT molecular complexity index is 549. The molecular formula is C13H11NO. The van der Waals surface area contributed by atoms with Gasteiger partial charge in [-0.05, 0) is 11.5 Å².